The summed E-state index contributed by atoms with van der Waals surface area (Å²) in [6.07, 6.45) is 4.99. The maximum Gasteiger partial charge on any atom is 0.174 e. The molecule has 3 aromatic heterocycles. The Labute approximate surface area is 142 Å². The van der Waals surface area contributed by atoms with E-state index >= 15 is 0 Å². The zero-order valence-electron chi connectivity index (χ0n) is 13.4. The smallest absolute Gasteiger partial charge is 0.174 e. The first kappa shape index (κ1) is 15.2. The van der Waals surface area contributed by atoms with Gasteiger partial charge in [0.15, 0.2) is 11.4 Å². The lowest BCUT2D eigenvalue weighted by Gasteiger charge is -2.07. The Hall–Kier alpha value is -3.35. The number of carbonyl (C=O) groups excluding carboxylic acids is 1. The van der Waals surface area contributed by atoms with Gasteiger partial charge in [0.1, 0.15) is 5.82 Å². The first-order valence-electron chi connectivity index (χ1n) is 7.75. The van der Waals surface area contributed by atoms with E-state index in [2.05, 4.69) is 15.2 Å². The Kier molecular flexibility index (Phi) is 3.61. The highest BCUT2D eigenvalue weighted by Crippen LogP contribution is 2.17. The van der Waals surface area contributed by atoms with E-state index in [1.54, 1.807) is 39.8 Å². The van der Waals surface area contributed by atoms with Gasteiger partial charge < -0.3 is 0 Å². The molecule has 0 aliphatic carbocycles. The van der Waals surface area contributed by atoms with Crippen LogP contribution in [0.5, 0.6) is 0 Å². The lowest BCUT2D eigenvalue weighted by atomic mass is 10.1. The number of aromatic nitrogens is 5. The Bertz CT molecular complexity index is 1080. The number of rotatable bonds is 4. The summed E-state index contributed by atoms with van der Waals surface area (Å²) in [4.78, 5) is 16.9. The molecule has 0 atom stereocenters. The van der Waals surface area contributed by atoms with E-state index in [1.807, 2.05) is 13.0 Å². The second kappa shape index (κ2) is 5.94. The van der Waals surface area contributed by atoms with Gasteiger partial charge in [-0.15, -0.1) is 0 Å². The van der Waals surface area contributed by atoms with Crippen LogP contribution in [0.15, 0.2) is 55.0 Å². The number of hydrogen-bond donors (Lipinski definition) is 0. The van der Waals surface area contributed by atoms with Crippen molar-refractivity contribution in [1.82, 2.24) is 24.4 Å². The number of benzene rings is 1. The van der Waals surface area contributed by atoms with Crippen molar-refractivity contribution in [1.29, 1.82) is 0 Å². The standard InChI is InChI=1S/C18H14FN5O/c1-12-8-15(24(22-12)14-5-2-4-13(19)9-14)10-17(25)16-11-21-23-7-3-6-20-18(16)23/h2-9,11H,10H2,1H3. The van der Waals surface area contributed by atoms with Crippen LogP contribution in [-0.2, 0) is 6.42 Å². The molecule has 7 heteroatoms. The van der Waals surface area contributed by atoms with Crippen LogP contribution in [-0.4, -0.2) is 30.2 Å². The molecule has 0 fully saturated rings. The molecule has 1 aromatic carbocycles. The molecule has 0 radical (unpaired) electrons. The Balaban J connectivity index is 1.70. The zero-order chi connectivity index (χ0) is 17.4. The van der Waals surface area contributed by atoms with Crippen molar-refractivity contribution in [2.45, 2.75) is 13.3 Å². The van der Waals surface area contributed by atoms with Crippen molar-refractivity contribution >= 4 is 11.4 Å². The van der Waals surface area contributed by atoms with Crippen LogP contribution in [0.3, 0.4) is 0 Å². The third-order valence-electron chi connectivity index (χ3n) is 3.88. The lowest BCUT2D eigenvalue weighted by molar-refractivity contribution is 0.0992. The summed E-state index contributed by atoms with van der Waals surface area (Å²) in [6.45, 7) is 1.83. The predicted octanol–water partition coefficient (Wildman–Crippen LogP) is 2.79. The van der Waals surface area contributed by atoms with Gasteiger partial charge in [-0.2, -0.15) is 10.2 Å². The third-order valence-corrected chi connectivity index (χ3v) is 3.88. The zero-order valence-corrected chi connectivity index (χ0v) is 13.4. The van der Waals surface area contributed by atoms with Gasteiger partial charge >= 0.3 is 0 Å². The SMILES string of the molecule is Cc1cc(CC(=O)c2cnn3cccnc23)n(-c2cccc(F)c2)n1. The molecule has 0 aliphatic heterocycles. The Morgan fingerprint density at radius 3 is 2.96 bits per heavy atom. The van der Waals surface area contributed by atoms with Gasteiger partial charge in [-0.1, -0.05) is 6.07 Å². The number of nitrogens with zero attached hydrogens (tertiary/aromatic N) is 5. The second-order valence-electron chi connectivity index (χ2n) is 5.71. The molecular formula is C18H14FN5O. The maximum atomic E-state index is 13.5. The molecule has 0 aliphatic rings. The van der Waals surface area contributed by atoms with E-state index in [0.29, 0.717) is 22.6 Å². The van der Waals surface area contributed by atoms with Gasteiger partial charge in [0, 0.05) is 12.4 Å². The van der Waals surface area contributed by atoms with Gasteiger partial charge in [0.05, 0.1) is 35.3 Å². The average Bonchev–Trinajstić information content (AvgIpc) is 3.18. The summed E-state index contributed by atoms with van der Waals surface area (Å²) in [6, 6.07) is 9.69. The number of hydrogen-bond acceptors (Lipinski definition) is 4. The fraction of sp³-hybridized carbons (Fsp3) is 0.111. The fourth-order valence-corrected chi connectivity index (χ4v) is 2.79. The minimum Gasteiger partial charge on any atom is -0.294 e. The largest absolute Gasteiger partial charge is 0.294 e. The van der Waals surface area contributed by atoms with Crippen molar-refractivity contribution in [3.05, 3.63) is 77.8 Å². The highest BCUT2D eigenvalue weighted by atomic mass is 19.1. The maximum absolute atomic E-state index is 13.5. The normalized spacial score (nSPS) is 11.1. The Morgan fingerprint density at radius 1 is 1.24 bits per heavy atom. The molecule has 4 aromatic rings. The van der Waals surface area contributed by atoms with E-state index in [9.17, 15) is 9.18 Å². The van der Waals surface area contributed by atoms with Crippen LogP contribution in [0.4, 0.5) is 4.39 Å². The summed E-state index contributed by atoms with van der Waals surface area (Å²) in [7, 11) is 0. The van der Waals surface area contributed by atoms with E-state index in [1.165, 1.54) is 18.3 Å². The topological polar surface area (TPSA) is 65.1 Å². The fourth-order valence-electron chi connectivity index (χ4n) is 2.79. The first-order valence-corrected chi connectivity index (χ1v) is 7.75. The van der Waals surface area contributed by atoms with Crippen LogP contribution >= 0.6 is 0 Å². The summed E-state index contributed by atoms with van der Waals surface area (Å²) in [5.41, 5.74) is 2.98. The molecule has 0 unspecified atom stereocenters. The van der Waals surface area contributed by atoms with Crippen molar-refractivity contribution in [3.8, 4) is 5.69 Å². The number of Topliss-reactive ketones (excluding diaryl/α,β-unsaturated/α-hetero) is 1. The molecular weight excluding hydrogens is 321 g/mol. The molecule has 3 heterocycles. The van der Waals surface area contributed by atoms with E-state index in [0.717, 1.165) is 5.69 Å². The summed E-state index contributed by atoms with van der Waals surface area (Å²) >= 11 is 0. The highest BCUT2D eigenvalue weighted by Gasteiger charge is 2.17. The third kappa shape index (κ3) is 2.80. The summed E-state index contributed by atoms with van der Waals surface area (Å²) in [5.74, 6) is -0.471. The minimum absolute atomic E-state index is 0.119. The van der Waals surface area contributed by atoms with Crippen LogP contribution < -0.4 is 0 Å². The van der Waals surface area contributed by atoms with Crippen LogP contribution in [0.1, 0.15) is 21.7 Å². The van der Waals surface area contributed by atoms with Gasteiger partial charge in [-0.25, -0.2) is 18.6 Å². The molecule has 0 saturated heterocycles. The van der Waals surface area contributed by atoms with Gasteiger partial charge in [-0.05, 0) is 37.3 Å². The minimum atomic E-state index is -0.352. The lowest BCUT2D eigenvalue weighted by Crippen LogP contribution is -2.09. The molecule has 124 valence electrons. The van der Waals surface area contributed by atoms with Crippen LogP contribution in [0, 0.1) is 12.7 Å². The molecule has 0 N–H and O–H groups in total. The van der Waals surface area contributed by atoms with Crippen molar-refractivity contribution < 1.29 is 9.18 Å². The number of carbonyl (C=O) groups is 1. The molecule has 6 nitrogen and oxygen atoms in total. The van der Waals surface area contributed by atoms with Crippen LogP contribution in [0.25, 0.3) is 11.3 Å². The van der Waals surface area contributed by atoms with Gasteiger partial charge in [0.25, 0.3) is 0 Å². The molecule has 25 heavy (non-hydrogen) atoms. The quantitative estimate of drug-likeness (QED) is 0.538. The van der Waals surface area contributed by atoms with Crippen molar-refractivity contribution in [3.63, 3.8) is 0 Å². The number of fused-ring (bicyclic) bond motifs is 1. The average molecular weight is 335 g/mol. The summed E-state index contributed by atoms with van der Waals surface area (Å²) < 4.78 is 16.7. The predicted molar refractivity (Wildman–Crippen MR) is 89.3 cm³/mol. The monoisotopic (exact) mass is 335 g/mol. The second-order valence-corrected chi connectivity index (χ2v) is 5.71. The van der Waals surface area contributed by atoms with E-state index in [-0.39, 0.29) is 18.0 Å². The number of halogens is 1. The van der Waals surface area contributed by atoms with Gasteiger partial charge in [-0.3, -0.25) is 4.79 Å². The number of aryl methyl sites for hydroxylation is 1. The van der Waals surface area contributed by atoms with E-state index < -0.39 is 0 Å². The number of ketones is 1. The van der Waals surface area contributed by atoms with Gasteiger partial charge in [0.2, 0.25) is 0 Å². The van der Waals surface area contributed by atoms with Crippen molar-refractivity contribution in [2.75, 3.05) is 0 Å². The van der Waals surface area contributed by atoms with Crippen molar-refractivity contribution in [2.24, 2.45) is 0 Å². The Morgan fingerprint density at radius 2 is 2.12 bits per heavy atom. The molecule has 4 rings (SSSR count). The molecule has 0 saturated carbocycles. The molecule has 0 amide bonds. The highest BCUT2D eigenvalue weighted by molar-refractivity contribution is 6.02. The first-order chi connectivity index (χ1) is 12.1. The summed E-state index contributed by atoms with van der Waals surface area (Å²) in [5, 5.41) is 8.52. The molecule has 0 bridgehead atoms. The van der Waals surface area contributed by atoms with E-state index in [4.69, 9.17) is 0 Å². The molecule has 0 spiro atoms. The van der Waals surface area contributed by atoms with Crippen LogP contribution in [0.2, 0.25) is 0 Å².